The number of esters is 3. The molecule has 2 rings (SSSR count). The van der Waals surface area contributed by atoms with E-state index in [0.717, 1.165) is 0 Å². The van der Waals surface area contributed by atoms with Crippen molar-refractivity contribution in [3.05, 3.63) is 0 Å². The second-order valence-corrected chi connectivity index (χ2v) is 16.7. The van der Waals surface area contributed by atoms with E-state index in [9.17, 15) is 33.6 Å². The molecule has 55 heavy (non-hydrogen) atoms. The van der Waals surface area contributed by atoms with Crippen molar-refractivity contribution in [2.24, 2.45) is 29.6 Å². The Morgan fingerprint density at radius 3 is 1.55 bits per heavy atom. The summed E-state index contributed by atoms with van der Waals surface area (Å²) in [5, 5.41) is 2.80. The highest BCUT2D eigenvalue weighted by Gasteiger charge is 2.52. The minimum Gasteiger partial charge on any atom is -0.465 e. The number of nitrogens with one attached hydrogen (secondary N) is 1. The van der Waals surface area contributed by atoms with Crippen LogP contribution >= 0.6 is 0 Å². The summed E-state index contributed by atoms with van der Waals surface area (Å²) in [5.41, 5.74) is 0. The Kier molecular flexibility index (Phi) is 21.9. The van der Waals surface area contributed by atoms with Crippen LogP contribution in [0.4, 0.5) is 0 Å². The van der Waals surface area contributed by atoms with Gasteiger partial charge in [0.2, 0.25) is 5.91 Å². The van der Waals surface area contributed by atoms with Gasteiger partial charge in [-0.05, 0) is 76.0 Å². The van der Waals surface area contributed by atoms with Crippen LogP contribution in [0.3, 0.4) is 0 Å². The first-order valence-corrected chi connectivity index (χ1v) is 20.6. The molecule has 1 N–H and O–H groups in total. The van der Waals surface area contributed by atoms with E-state index < -0.39 is 54.2 Å². The molecule has 0 aliphatic carbocycles. The third kappa shape index (κ3) is 18.5. The second kappa shape index (κ2) is 25.1. The Morgan fingerprint density at radius 2 is 1.07 bits per heavy atom. The Balaban J connectivity index is 1.87. The number of ketones is 3. The number of carbonyl (C=O) groups is 7. The predicted molar refractivity (Wildman–Crippen MR) is 205 cm³/mol. The van der Waals surface area contributed by atoms with Gasteiger partial charge < -0.3 is 33.8 Å². The van der Waals surface area contributed by atoms with E-state index in [1.807, 2.05) is 48.5 Å². The van der Waals surface area contributed by atoms with E-state index in [4.69, 9.17) is 23.7 Å². The molecule has 2 aliphatic heterocycles. The van der Waals surface area contributed by atoms with E-state index >= 15 is 0 Å². The lowest BCUT2D eigenvalue weighted by atomic mass is 9.91. The van der Waals surface area contributed by atoms with Gasteiger partial charge in [-0.3, -0.25) is 24.0 Å². The molecule has 2 heterocycles. The van der Waals surface area contributed by atoms with Crippen LogP contribution < -0.4 is 5.32 Å². The maximum atomic E-state index is 13.4. The van der Waals surface area contributed by atoms with Crippen LogP contribution in [0.15, 0.2) is 0 Å². The molecule has 0 saturated carbocycles. The van der Waals surface area contributed by atoms with Crippen molar-refractivity contribution in [1.82, 2.24) is 5.32 Å². The number of hydrogen-bond acceptors (Lipinski definition) is 12. The topological polar surface area (TPSA) is 178 Å². The van der Waals surface area contributed by atoms with Gasteiger partial charge in [0.1, 0.15) is 35.6 Å². The average Bonchev–Trinajstić information content (AvgIpc) is 3.68. The molecular formula is C42H69NO12. The molecule has 0 spiro atoms. The number of amides is 1. The fraction of sp³-hybridized carbons (Fsp3) is 0.833. The predicted octanol–water partition coefficient (Wildman–Crippen LogP) is 6.04. The third-order valence-corrected chi connectivity index (χ3v) is 9.74. The van der Waals surface area contributed by atoms with Gasteiger partial charge in [-0.2, -0.15) is 0 Å². The first-order chi connectivity index (χ1) is 26.0. The molecule has 0 bridgehead atoms. The second-order valence-electron chi connectivity index (χ2n) is 16.7. The van der Waals surface area contributed by atoms with Crippen LogP contribution in [0.1, 0.15) is 145 Å². The van der Waals surface area contributed by atoms with Crippen molar-refractivity contribution >= 4 is 41.2 Å². The standard InChI is InChI=1S/C42H69NO12/c1-9-18-51-40(48)30(19-26(2)3)22-32(45)16-12-13-17-37(47)43-34(21-28(6)7)42(50)55-36-25-53-38-35(24-52-39(36)38)54-41(49)31(20-27(4)5)23-33(46)15-11-10-14-29(8)44/h26-28,30-31,34-36,38-39H,9-25H2,1-8H3,(H,43,47)/t30?,31?,34?,35-,36+,38?,39?/m1/s1. The van der Waals surface area contributed by atoms with Crippen molar-refractivity contribution in [2.75, 3.05) is 19.8 Å². The summed E-state index contributed by atoms with van der Waals surface area (Å²) in [6, 6.07) is -0.897. The number of Topliss-reactive ketones (excluding diaryl/α,β-unsaturated/α-hetero) is 3. The normalized spacial score (nSPS) is 20.9. The fourth-order valence-corrected chi connectivity index (χ4v) is 7.10. The summed E-state index contributed by atoms with van der Waals surface area (Å²) in [6.07, 6.45) is 2.80. The minimum absolute atomic E-state index is 0.0357. The molecule has 2 aliphatic rings. The third-order valence-electron chi connectivity index (χ3n) is 9.74. The zero-order chi connectivity index (χ0) is 41.1. The van der Waals surface area contributed by atoms with Gasteiger partial charge in [0.15, 0.2) is 12.2 Å². The Bertz CT molecular complexity index is 1260. The number of rotatable bonds is 28. The quantitative estimate of drug-likeness (QED) is 0.0554. The molecule has 1 amide bonds. The van der Waals surface area contributed by atoms with Gasteiger partial charge in [0.05, 0.1) is 31.7 Å². The smallest absolute Gasteiger partial charge is 0.329 e. The lowest BCUT2D eigenvalue weighted by Gasteiger charge is -2.23. The summed E-state index contributed by atoms with van der Waals surface area (Å²) < 4.78 is 28.8. The highest BCUT2D eigenvalue weighted by atomic mass is 16.7. The van der Waals surface area contributed by atoms with Crippen molar-refractivity contribution < 1.29 is 57.2 Å². The minimum atomic E-state index is -0.897. The SMILES string of the molecule is CCCOC(=O)C(CC(=O)CCCCC(=O)NC(CC(C)C)C(=O)O[C@H]1COC2C1OC[C@H]2OC(=O)C(CC(=O)CCCCC(C)=O)CC(C)C)CC(C)C. The summed E-state index contributed by atoms with van der Waals surface area (Å²) in [5.74, 6) is -2.36. The van der Waals surface area contributed by atoms with Crippen LogP contribution in [0.25, 0.3) is 0 Å². The Labute approximate surface area is 328 Å². The summed E-state index contributed by atoms with van der Waals surface area (Å²) in [7, 11) is 0. The van der Waals surface area contributed by atoms with Crippen LogP contribution in [0, 0.1) is 29.6 Å². The maximum absolute atomic E-state index is 13.4. The van der Waals surface area contributed by atoms with Gasteiger partial charge in [0, 0.05) is 38.5 Å². The van der Waals surface area contributed by atoms with Gasteiger partial charge in [-0.15, -0.1) is 0 Å². The summed E-state index contributed by atoms with van der Waals surface area (Å²) >= 11 is 0. The summed E-state index contributed by atoms with van der Waals surface area (Å²) in [4.78, 5) is 88.7. The average molecular weight is 780 g/mol. The van der Waals surface area contributed by atoms with E-state index in [1.165, 1.54) is 6.92 Å². The zero-order valence-electron chi connectivity index (χ0n) is 34.7. The van der Waals surface area contributed by atoms with E-state index in [1.54, 1.807) is 0 Å². The van der Waals surface area contributed by atoms with Crippen LogP contribution in [-0.2, 0) is 57.2 Å². The molecule has 13 nitrogen and oxygen atoms in total. The lowest BCUT2D eigenvalue weighted by Crippen LogP contribution is -2.45. The monoisotopic (exact) mass is 779 g/mol. The Morgan fingerprint density at radius 1 is 0.618 bits per heavy atom. The fourth-order valence-electron chi connectivity index (χ4n) is 7.10. The van der Waals surface area contributed by atoms with E-state index in [-0.39, 0.29) is 85.9 Å². The Hall–Kier alpha value is -3.19. The molecule has 0 aromatic carbocycles. The largest absolute Gasteiger partial charge is 0.465 e. The molecule has 5 unspecified atom stereocenters. The number of hydrogen-bond donors (Lipinski definition) is 1. The zero-order valence-corrected chi connectivity index (χ0v) is 34.7. The molecule has 13 heteroatoms. The lowest BCUT2D eigenvalue weighted by molar-refractivity contribution is -0.161. The van der Waals surface area contributed by atoms with Crippen LogP contribution in [-0.4, -0.2) is 91.4 Å². The number of ether oxygens (including phenoxy) is 5. The molecule has 0 aromatic rings. The molecule has 7 atom stereocenters. The van der Waals surface area contributed by atoms with E-state index in [2.05, 4.69) is 5.32 Å². The van der Waals surface area contributed by atoms with Crippen molar-refractivity contribution in [3.63, 3.8) is 0 Å². The first-order valence-electron chi connectivity index (χ1n) is 20.6. The summed E-state index contributed by atoms with van der Waals surface area (Å²) in [6.45, 7) is 15.7. The van der Waals surface area contributed by atoms with Crippen molar-refractivity contribution in [1.29, 1.82) is 0 Å². The highest BCUT2D eigenvalue weighted by Crippen LogP contribution is 2.32. The molecule has 0 aromatic heterocycles. The molecule has 0 radical (unpaired) electrons. The number of unbranched alkanes of at least 4 members (excludes halogenated alkanes) is 2. The van der Waals surface area contributed by atoms with Crippen molar-refractivity contribution in [2.45, 2.75) is 176 Å². The maximum Gasteiger partial charge on any atom is 0.329 e. The number of carbonyl (C=O) groups excluding carboxylic acids is 7. The molecule has 2 saturated heterocycles. The molecular weight excluding hydrogens is 710 g/mol. The van der Waals surface area contributed by atoms with Gasteiger partial charge in [-0.1, -0.05) is 48.5 Å². The van der Waals surface area contributed by atoms with Crippen LogP contribution in [0.2, 0.25) is 0 Å². The van der Waals surface area contributed by atoms with E-state index in [0.29, 0.717) is 70.8 Å². The van der Waals surface area contributed by atoms with Gasteiger partial charge >= 0.3 is 17.9 Å². The van der Waals surface area contributed by atoms with Crippen LogP contribution in [0.5, 0.6) is 0 Å². The highest BCUT2D eigenvalue weighted by molar-refractivity contribution is 5.86. The van der Waals surface area contributed by atoms with Gasteiger partial charge in [0.25, 0.3) is 0 Å². The van der Waals surface area contributed by atoms with Gasteiger partial charge in [-0.25, -0.2) is 4.79 Å². The van der Waals surface area contributed by atoms with Crippen molar-refractivity contribution in [3.8, 4) is 0 Å². The number of fused-ring (bicyclic) bond motifs is 1. The molecule has 314 valence electrons. The molecule has 2 fully saturated rings. The first kappa shape index (κ1) is 48.0.